The van der Waals surface area contributed by atoms with Crippen LogP contribution in [0.1, 0.15) is 24.6 Å². The van der Waals surface area contributed by atoms with Gasteiger partial charge in [-0.15, -0.1) is 0 Å². The Balaban J connectivity index is 1.88. The molecule has 0 N–H and O–H groups in total. The van der Waals surface area contributed by atoms with Gasteiger partial charge in [-0.05, 0) is 19.4 Å². The zero-order valence-electron chi connectivity index (χ0n) is 8.95. The molecule has 1 aromatic heterocycles. The predicted octanol–water partition coefficient (Wildman–Crippen LogP) is 1.56. The van der Waals surface area contributed by atoms with Gasteiger partial charge in [-0.3, -0.25) is 9.29 Å². The Bertz CT molecular complexity index is 315. The minimum absolute atomic E-state index is 0.187. The summed E-state index contributed by atoms with van der Waals surface area (Å²) in [6.45, 7) is 4.04. The zero-order chi connectivity index (χ0) is 10.7. The van der Waals surface area contributed by atoms with Crippen LogP contribution in [0.15, 0.2) is 4.52 Å². The van der Waals surface area contributed by atoms with E-state index in [-0.39, 0.29) is 12.6 Å². The molecule has 15 heavy (non-hydrogen) atoms. The maximum absolute atomic E-state index is 12.5. The second-order valence-corrected chi connectivity index (χ2v) is 4.13. The van der Waals surface area contributed by atoms with Crippen LogP contribution in [0.4, 0.5) is 4.39 Å². The average molecular weight is 213 g/mol. The van der Waals surface area contributed by atoms with E-state index in [1.165, 1.54) is 0 Å². The van der Waals surface area contributed by atoms with Gasteiger partial charge in [-0.2, -0.15) is 4.98 Å². The van der Waals surface area contributed by atoms with Crippen molar-refractivity contribution in [2.75, 3.05) is 19.8 Å². The molecule has 1 unspecified atom stereocenters. The Kier molecular flexibility index (Phi) is 3.30. The molecule has 4 nitrogen and oxygen atoms in total. The SMILES string of the molecule is Cc1nc(CN2CCCC(CF)C2)no1. The predicted molar refractivity (Wildman–Crippen MR) is 53.0 cm³/mol. The molecule has 0 saturated carbocycles. The molecule has 84 valence electrons. The van der Waals surface area contributed by atoms with E-state index in [4.69, 9.17) is 4.52 Å². The van der Waals surface area contributed by atoms with Crippen molar-refractivity contribution in [1.29, 1.82) is 0 Å². The van der Waals surface area contributed by atoms with Gasteiger partial charge < -0.3 is 4.52 Å². The van der Waals surface area contributed by atoms with Crippen molar-refractivity contribution in [2.45, 2.75) is 26.3 Å². The van der Waals surface area contributed by atoms with Crippen LogP contribution in [0.5, 0.6) is 0 Å². The van der Waals surface area contributed by atoms with Crippen LogP contribution < -0.4 is 0 Å². The normalized spacial score (nSPS) is 23.2. The van der Waals surface area contributed by atoms with Crippen LogP contribution >= 0.6 is 0 Å². The lowest BCUT2D eigenvalue weighted by Gasteiger charge is -2.30. The topological polar surface area (TPSA) is 42.2 Å². The minimum Gasteiger partial charge on any atom is -0.340 e. The first-order valence-electron chi connectivity index (χ1n) is 5.35. The van der Waals surface area contributed by atoms with Crippen molar-refractivity contribution in [2.24, 2.45) is 5.92 Å². The number of rotatable bonds is 3. The molecule has 0 aliphatic carbocycles. The number of halogens is 1. The first kappa shape index (κ1) is 10.5. The molecule has 1 aliphatic rings. The van der Waals surface area contributed by atoms with E-state index in [9.17, 15) is 4.39 Å². The van der Waals surface area contributed by atoms with Gasteiger partial charge in [0, 0.05) is 19.4 Å². The Hall–Kier alpha value is -0.970. The summed E-state index contributed by atoms with van der Waals surface area (Å²) in [6.07, 6.45) is 2.06. The molecular formula is C10H16FN3O. The van der Waals surface area contributed by atoms with Crippen molar-refractivity contribution in [3.8, 4) is 0 Å². The number of hydrogen-bond donors (Lipinski definition) is 0. The van der Waals surface area contributed by atoms with Gasteiger partial charge in [0.25, 0.3) is 0 Å². The largest absolute Gasteiger partial charge is 0.340 e. The number of piperidine rings is 1. The average Bonchev–Trinajstić information content (AvgIpc) is 2.64. The monoisotopic (exact) mass is 213 g/mol. The highest BCUT2D eigenvalue weighted by molar-refractivity contribution is 4.85. The first-order valence-corrected chi connectivity index (χ1v) is 5.35. The minimum atomic E-state index is -0.220. The van der Waals surface area contributed by atoms with Gasteiger partial charge in [-0.1, -0.05) is 5.16 Å². The summed E-state index contributed by atoms with van der Waals surface area (Å²) in [6, 6.07) is 0. The van der Waals surface area contributed by atoms with Crippen LogP contribution in [0, 0.1) is 12.8 Å². The van der Waals surface area contributed by atoms with Gasteiger partial charge in [-0.25, -0.2) is 0 Å². The number of aryl methyl sites for hydroxylation is 1. The second-order valence-electron chi connectivity index (χ2n) is 4.13. The van der Waals surface area contributed by atoms with E-state index in [0.717, 1.165) is 25.9 Å². The van der Waals surface area contributed by atoms with E-state index in [0.29, 0.717) is 18.3 Å². The first-order chi connectivity index (χ1) is 7.28. The number of hydrogen-bond acceptors (Lipinski definition) is 4. The molecule has 1 saturated heterocycles. The van der Waals surface area contributed by atoms with Gasteiger partial charge in [0.1, 0.15) is 0 Å². The summed E-state index contributed by atoms with van der Waals surface area (Å²) < 4.78 is 17.4. The highest BCUT2D eigenvalue weighted by atomic mass is 19.1. The molecule has 1 fully saturated rings. The molecule has 0 radical (unpaired) electrons. The lowest BCUT2D eigenvalue weighted by atomic mass is 10.00. The highest BCUT2D eigenvalue weighted by Gasteiger charge is 2.20. The number of alkyl halides is 1. The maximum Gasteiger partial charge on any atom is 0.223 e. The molecule has 0 amide bonds. The van der Waals surface area contributed by atoms with Crippen molar-refractivity contribution in [1.82, 2.24) is 15.0 Å². The quantitative estimate of drug-likeness (QED) is 0.764. The number of nitrogens with zero attached hydrogens (tertiary/aromatic N) is 3. The summed E-state index contributed by atoms with van der Waals surface area (Å²) >= 11 is 0. The molecule has 5 heteroatoms. The van der Waals surface area contributed by atoms with Crippen LogP contribution in [0.3, 0.4) is 0 Å². The van der Waals surface area contributed by atoms with Crippen molar-refractivity contribution >= 4 is 0 Å². The van der Waals surface area contributed by atoms with E-state index < -0.39 is 0 Å². The summed E-state index contributed by atoms with van der Waals surface area (Å²) in [5.41, 5.74) is 0. The van der Waals surface area contributed by atoms with Gasteiger partial charge in [0.15, 0.2) is 5.82 Å². The number of likely N-dealkylation sites (tertiary alicyclic amines) is 1. The van der Waals surface area contributed by atoms with E-state index in [1.54, 1.807) is 6.92 Å². The lowest BCUT2D eigenvalue weighted by Crippen LogP contribution is -2.35. The van der Waals surface area contributed by atoms with E-state index >= 15 is 0 Å². The fourth-order valence-electron chi connectivity index (χ4n) is 2.03. The molecule has 2 heterocycles. The third-order valence-corrected chi connectivity index (χ3v) is 2.76. The molecule has 0 aromatic carbocycles. The van der Waals surface area contributed by atoms with Crippen molar-refractivity contribution < 1.29 is 8.91 Å². The Morgan fingerprint density at radius 2 is 2.47 bits per heavy atom. The summed E-state index contributed by atoms with van der Waals surface area (Å²) in [5, 5.41) is 3.84. The van der Waals surface area contributed by atoms with Crippen LogP contribution in [0.2, 0.25) is 0 Å². The van der Waals surface area contributed by atoms with E-state index in [1.807, 2.05) is 0 Å². The molecule has 1 atom stereocenters. The lowest BCUT2D eigenvalue weighted by molar-refractivity contribution is 0.143. The number of aromatic nitrogens is 2. The Morgan fingerprint density at radius 3 is 3.13 bits per heavy atom. The fraction of sp³-hybridized carbons (Fsp3) is 0.800. The maximum atomic E-state index is 12.5. The Morgan fingerprint density at radius 1 is 1.60 bits per heavy atom. The third kappa shape index (κ3) is 2.75. The standard InChI is InChI=1S/C10H16FN3O/c1-8-12-10(13-15-8)7-14-4-2-3-9(5-11)6-14/h9H,2-7H2,1H3. The molecular weight excluding hydrogens is 197 g/mol. The van der Waals surface area contributed by atoms with E-state index in [2.05, 4.69) is 15.0 Å². The van der Waals surface area contributed by atoms with Crippen LogP contribution in [0.25, 0.3) is 0 Å². The Labute approximate surface area is 88.5 Å². The smallest absolute Gasteiger partial charge is 0.223 e. The van der Waals surface area contributed by atoms with Crippen LogP contribution in [-0.2, 0) is 6.54 Å². The summed E-state index contributed by atoms with van der Waals surface area (Å²) in [4.78, 5) is 6.33. The molecule has 0 bridgehead atoms. The molecule has 1 aromatic rings. The second kappa shape index (κ2) is 4.70. The van der Waals surface area contributed by atoms with Crippen molar-refractivity contribution in [3.05, 3.63) is 11.7 Å². The zero-order valence-corrected chi connectivity index (χ0v) is 8.95. The highest BCUT2D eigenvalue weighted by Crippen LogP contribution is 2.18. The van der Waals surface area contributed by atoms with Gasteiger partial charge in [0.2, 0.25) is 5.89 Å². The molecule has 2 rings (SSSR count). The van der Waals surface area contributed by atoms with Crippen LogP contribution in [-0.4, -0.2) is 34.8 Å². The fourth-order valence-corrected chi connectivity index (χ4v) is 2.03. The van der Waals surface area contributed by atoms with Gasteiger partial charge in [0.05, 0.1) is 13.2 Å². The van der Waals surface area contributed by atoms with Gasteiger partial charge >= 0.3 is 0 Å². The van der Waals surface area contributed by atoms with Crippen molar-refractivity contribution in [3.63, 3.8) is 0 Å². The summed E-state index contributed by atoms with van der Waals surface area (Å²) in [5.74, 6) is 1.47. The third-order valence-electron chi connectivity index (χ3n) is 2.76. The molecule has 0 spiro atoms. The molecule has 1 aliphatic heterocycles. The summed E-state index contributed by atoms with van der Waals surface area (Å²) in [7, 11) is 0.